The lowest BCUT2D eigenvalue weighted by Gasteiger charge is -2.26. The molecule has 14 nitrogen and oxygen atoms in total. The van der Waals surface area contributed by atoms with E-state index >= 15 is 0 Å². The van der Waals surface area contributed by atoms with E-state index < -0.39 is 53.6 Å². The number of aromatic amines is 1. The zero-order chi connectivity index (χ0) is 28.8. The van der Waals surface area contributed by atoms with Gasteiger partial charge < -0.3 is 37.7 Å². The molecule has 1 aromatic rings. The summed E-state index contributed by atoms with van der Waals surface area (Å²) in [6.07, 6.45) is 3.43. The highest BCUT2D eigenvalue weighted by atomic mass is 35.5. The van der Waals surface area contributed by atoms with E-state index in [0.29, 0.717) is 12.1 Å². The minimum absolute atomic E-state index is 0.0362. The van der Waals surface area contributed by atoms with Crippen LogP contribution in [0.2, 0.25) is 0 Å². The number of nitrogens with one attached hydrogen (secondary N) is 5. The van der Waals surface area contributed by atoms with Crippen molar-refractivity contribution in [3.05, 3.63) is 18.2 Å². The van der Waals surface area contributed by atoms with Gasteiger partial charge in [0, 0.05) is 31.8 Å². The summed E-state index contributed by atoms with van der Waals surface area (Å²) in [7, 11) is 0. The summed E-state index contributed by atoms with van der Waals surface area (Å²) < 4.78 is 0. The van der Waals surface area contributed by atoms with Gasteiger partial charge in [0.25, 0.3) is 0 Å². The van der Waals surface area contributed by atoms with Gasteiger partial charge in [0.2, 0.25) is 23.6 Å². The Labute approximate surface area is 226 Å². The number of halogens is 1. The highest BCUT2D eigenvalue weighted by Gasteiger charge is 2.31. The van der Waals surface area contributed by atoms with Gasteiger partial charge in [0.15, 0.2) is 11.7 Å². The van der Waals surface area contributed by atoms with Gasteiger partial charge in [-0.1, -0.05) is 13.8 Å². The number of nitrogens with zero attached hydrogens (tertiary/aromatic N) is 2. The van der Waals surface area contributed by atoms with E-state index in [2.05, 4.69) is 36.2 Å². The number of aliphatic imine (C=N–C) groups is 1. The third-order valence-electron chi connectivity index (χ3n) is 5.47. The van der Waals surface area contributed by atoms with Crippen molar-refractivity contribution in [3.8, 4) is 0 Å². The molecule has 0 radical (unpaired) electrons. The second-order valence-electron chi connectivity index (χ2n) is 9.10. The molecular formula is C23H38ClN9O5. The van der Waals surface area contributed by atoms with E-state index in [1.807, 2.05) is 0 Å². The van der Waals surface area contributed by atoms with Gasteiger partial charge in [-0.05, 0) is 25.7 Å². The van der Waals surface area contributed by atoms with Gasteiger partial charge in [-0.2, -0.15) is 0 Å². The van der Waals surface area contributed by atoms with Crippen LogP contribution in [0.3, 0.4) is 0 Å². The largest absolute Gasteiger partial charge is 0.370 e. The highest BCUT2D eigenvalue weighted by Crippen LogP contribution is 2.07. The topological polar surface area (TPSA) is 227 Å². The van der Waals surface area contributed by atoms with Crippen molar-refractivity contribution in [3.63, 3.8) is 0 Å². The Hall–Kier alpha value is -3.68. The van der Waals surface area contributed by atoms with Gasteiger partial charge in [-0.25, -0.2) is 4.98 Å². The lowest BCUT2D eigenvalue weighted by molar-refractivity contribution is -0.134. The van der Waals surface area contributed by atoms with Gasteiger partial charge in [0.05, 0.1) is 18.2 Å². The summed E-state index contributed by atoms with van der Waals surface area (Å²) >= 11 is 5.58. The first-order valence-corrected chi connectivity index (χ1v) is 12.7. The van der Waals surface area contributed by atoms with Gasteiger partial charge in [-0.3, -0.25) is 29.0 Å². The maximum absolute atomic E-state index is 13.3. The monoisotopic (exact) mass is 555 g/mol. The first-order chi connectivity index (χ1) is 17.8. The maximum atomic E-state index is 13.3. The lowest BCUT2D eigenvalue weighted by Crippen LogP contribution is -2.58. The molecule has 0 aliphatic heterocycles. The molecule has 0 bridgehead atoms. The van der Waals surface area contributed by atoms with Crippen LogP contribution in [0.4, 0.5) is 0 Å². The van der Waals surface area contributed by atoms with Crippen molar-refractivity contribution in [2.45, 2.75) is 71.1 Å². The molecule has 0 unspecified atom stereocenters. The summed E-state index contributed by atoms with van der Waals surface area (Å²) in [4.78, 5) is 73.5. The van der Waals surface area contributed by atoms with Crippen molar-refractivity contribution >= 4 is 47.0 Å². The first-order valence-electron chi connectivity index (χ1n) is 12.1. The molecule has 0 saturated heterocycles. The van der Waals surface area contributed by atoms with Crippen LogP contribution in [-0.2, 0) is 30.4 Å². The number of imidazole rings is 1. The van der Waals surface area contributed by atoms with Crippen molar-refractivity contribution in [2.75, 3.05) is 12.4 Å². The van der Waals surface area contributed by atoms with Crippen LogP contribution < -0.4 is 32.7 Å². The van der Waals surface area contributed by atoms with Crippen molar-refractivity contribution < 1.29 is 24.0 Å². The van der Waals surface area contributed by atoms with Crippen molar-refractivity contribution in [1.29, 1.82) is 0 Å². The summed E-state index contributed by atoms with van der Waals surface area (Å²) in [5.74, 6) is -3.28. The number of carbonyl (C=O) groups is 5. The molecule has 0 aromatic carbocycles. The Balaban J connectivity index is 3.13. The van der Waals surface area contributed by atoms with Crippen LogP contribution in [0.25, 0.3) is 0 Å². The Morgan fingerprint density at radius 3 is 2.16 bits per heavy atom. The smallest absolute Gasteiger partial charge is 0.243 e. The molecule has 1 heterocycles. The van der Waals surface area contributed by atoms with Crippen molar-refractivity contribution in [1.82, 2.24) is 31.2 Å². The number of rotatable bonds is 16. The average Bonchev–Trinajstić information content (AvgIpc) is 3.35. The molecule has 15 heteroatoms. The van der Waals surface area contributed by atoms with E-state index in [-0.39, 0.29) is 37.1 Å². The molecule has 0 saturated carbocycles. The zero-order valence-corrected chi connectivity index (χ0v) is 22.8. The number of amides is 4. The van der Waals surface area contributed by atoms with Gasteiger partial charge >= 0.3 is 0 Å². The SMILES string of the molecule is CC(=O)N[C@H](C(=O)N[C@@H](CCCN=C(N)N)C(=O)N[C@@H](Cc1cnc[nH]1)C(=O)N[C@@H](C)C(=O)CCl)C(C)C. The molecule has 1 rings (SSSR count). The normalized spacial score (nSPS) is 13.9. The first kappa shape index (κ1) is 32.3. The van der Waals surface area contributed by atoms with Crippen LogP contribution in [0.1, 0.15) is 46.2 Å². The molecule has 4 atom stereocenters. The molecule has 4 amide bonds. The molecule has 38 heavy (non-hydrogen) atoms. The summed E-state index contributed by atoms with van der Waals surface area (Å²) in [5.41, 5.74) is 11.3. The van der Waals surface area contributed by atoms with E-state index in [1.165, 1.54) is 26.4 Å². The fourth-order valence-corrected chi connectivity index (χ4v) is 3.63. The predicted octanol–water partition coefficient (Wildman–Crippen LogP) is -1.55. The third-order valence-corrected chi connectivity index (χ3v) is 5.73. The maximum Gasteiger partial charge on any atom is 0.243 e. The minimum atomic E-state index is -1.11. The van der Waals surface area contributed by atoms with Gasteiger partial charge in [0.1, 0.15) is 18.1 Å². The van der Waals surface area contributed by atoms with E-state index in [1.54, 1.807) is 13.8 Å². The molecule has 0 fully saturated rings. The summed E-state index contributed by atoms with van der Waals surface area (Å²) in [5, 5.41) is 10.4. The van der Waals surface area contributed by atoms with Gasteiger partial charge in [-0.15, -0.1) is 11.6 Å². The predicted molar refractivity (Wildman–Crippen MR) is 142 cm³/mol. The second-order valence-corrected chi connectivity index (χ2v) is 9.37. The highest BCUT2D eigenvalue weighted by molar-refractivity contribution is 6.28. The summed E-state index contributed by atoms with van der Waals surface area (Å²) in [6.45, 7) is 6.48. The fraction of sp³-hybridized carbons (Fsp3) is 0.609. The Bertz CT molecular complexity index is 980. The quantitative estimate of drug-likeness (QED) is 0.0545. The van der Waals surface area contributed by atoms with Crippen LogP contribution in [-0.4, -0.2) is 81.9 Å². The number of ketones is 1. The van der Waals surface area contributed by atoms with E-state index in [9.17, 15) is 24.0 Å². The second kappa shape index (κ2) is 16.2. The number of carbonyl (C=O) groups excluding carboxylic acids is 5. The Kier molecular flexibility index (Phi) is 13.8. The lowest BCUT2D eigenvalue weighted by atomic mass is 10.0. The molecule has 212 valence electrons. The Morgan fingerprint density at radius 2 is 1.63 bits per heavy atom. The van der Waals surface area contributed by atoms with Crippen LogP contribution >= 0.6 is 11.6 Å². The Morgan fingerprint density at radius 1 is 1.00 bits per heavy atom. The van der Waals surface area contributed by atoms with Crippen molar-refractivity contribution in [2.24, 2.45) is 22.4 Å². The number of alkyl halides is 1. The number of guanidine groups is 1. The fourth-order valence-electron chi connectivity index (χ4n) is 3.40. The van der Waals surface area contributed by atoms with E-state index in [4.69, 9.17) is 23.1 Å². The number of H-pyrrole nitrogens is 1. The van der Waals surface area contributed by atoms with Crippen LogP contribution in [0.15, 0.2) is 17.5 Å². The standard InChI is InChI=1S/C23H38ClN9O5/c1-12(2)19(31-14(4)34)22(38)32-16(6-5-7-28-23(25)26)20(36)33-17(8-15-10-27-11-29-15)21(37)30-13(3)18(35)9-24/h10-13,16-17,19H,5-9H2,1-4H3,(H,27,29)(H,30,37)(H,31,34)(H,32,38)(H,33,36)(H4,25,26,28)/t13-,16-,17-,19-/m0/s1. The number of aromatic nitrogens is 2. The number of hydrogen-bond donors (Lipinski definition) is 7. The van der Waals surface area contributed by atoms with Crippen LogP contribution in [0, 0.1) is 5.92 Å². The molecule has 0 spiro atoms. The molecule has 0 aliphatic carbocycles. The van der Waals surface area contributed by atoms with E-state index in [0.717, 1.165) is 0 Å². The zero-order valence-electron chi connectivity index (χ0n) is 22.0. The number of Topliss-reactive ketones (excluding diaryl/α,β-unsaturated/α-hetero) is 1. The molecule has 9 N–H and O–H groups in total. The average molecular weight is 556 g/mol. The molecule has 1 aromatic heterocycles. The summed E-state index contributed by atoms with van der Waals surface area (Å²) in [6, 6.07) is -3.94. The van der Waals surface area contributed by atoms with Crippen LogP contribution in [0.5, 0.6) is 0 Å². The molecular weight excluding hydrogens is 518 g/mol. The number of hydrogen-bond acceptors (Lipinski definition) is 7. The third kappa shape index (κ3) is 11.6. The minimum Gasteiger partial charge on any atom is -0.370 e. The number of nitrogens with two attached hydrogens (primary N) is 2. The molecule has 0 aliphatic rings.